The summed E-state index contributed by atoms with van der Waals surface area (Å²) < 4.78 is 32.9. The van der Waals surface area contributed by atoms with Crippen LogP contribution in [0.15, 0.2) is 17.8 Å². The number of nitrogens with zero attached hydrogens (tertiary/aromatic N) is 1. The third kappa shape index (κ3) is 4.28. The number of benzene rings is 1. The Labute approximate surface area is 168 Å². The zero-order valence-corrected chi connectivity index (χ0v) is 16.8. The van der Waals surface area contributed by atoms with Crippen LogP contribution in [0.25, 0.3) is 0 Å². The van der Waals surface area contributed by atoms with Gasteiger partial charge in [0.2, 0.25) is 0 Å². The third-order valence-corrected chi connectivity index (χ3v) is 5.47. The fourth-order valence-electron chi connectivity index (χ4n) is 3.60. The fraction of sp³-hybridized carbons (Fsp3) is 0.524. The monoisotopic (exact) mass is 411 g/mol. The lowest BCUT2D eigenvalue weighted by Crippen LogP contribution is -2.22. The third-order valence-electron chi connectivity index (χ3n) is 5.06. The minimum absolute atomic E-state index is 0.00536. The van der Waals surface area contributed by atoms with Gasteiger partial charge in [-0.1, -0.05) is 11.6 Å². The summed E-state index contributed by atoms with van der Waals surface area (Å²) >= 11 is 6.53. The first-order valence-corrected chi connectivity index (χ1v) is 9.88. The van der Waals surface area contributed by atoms with E-state index in [0.717, 1.165) is 18.9 Å². The highest BCUT2D eigenvalue weighted by atomic mass is 35.5. The Morgan fingerprint density at radius 3 is 2.64 bits per heavy atom. The first-order chi connectivity index (χ1) is 13.3. The molecular formula is C21H24ClF2NO3. The molecule has 0 radical (unpaired) electrons. The minimum atomic E-state index is -0.657. The first-order valence-electron chi connectivity index (χ1n) is 9.50. The van der Waals surface area contributed by atoms with Crippen LogP contribution in [0.3, 0.4) is 0 Å². The predicted molar refractivity (Wildman–Crippen MR) is 103 cm³/mol. The first kappa shape index (κ1) is 20.9. The van der Waals surface area contributed by atoms with Crippen molar-refractivity contribution < 1.29 is 23.1 Å². The van der Waals surface area contributed by atoms with Crippen molar-refractivity contribution in [2.45, 2.75) is 38.2 Å². The molecule has 1 atom stereocenters. The molecule has 0 heterocycles. The van der Waals surface area contributed by atoms with E-state index in [1.807, 2.05) is 0 Å². The van der Waals surface area contributed by atoms with Gasteiger partial charge in [-0.15, -0.1) is 0 Å². The molecule has 0 bridgehead atoms. The number of allylic oxidation sites excluding steroid dienone is 1. The molecule has 1 unspecified atom stereocenters. The number of ketones is 2. The standard InChI is InChI=1S/C21H24ClF2NO3/c1-25(2)11-15(20(26)12-6-7-12)21(27)14-10-16(24)13-4-3-5-17(28-9-8-23)18(13)19(14)22/h10-12,17H,3-9H2,1-2H3/b15-11+. The van der Waals surface area contributed by atoms with Crippen LogP contribution in [0.5, 0.6) is 0 Å². The van der Waals surface area contributed by atoms with Crippen molar-refractivity contribution in [2.24, 2.45) is 5.92 Å². The van der Waals surface area contributed by atoms with E-state index in [0.29, 0.717) is 30.4 Å². The molecule has 0 spiro atoms. The Bertz CT molecular complexity index is 818. The molecule has 1 aromatic carbocycles. The zero-order chi connectivity index (χ0) is 20.4. The van der Waals surface area contributed by atoms with Crippen LogP contribution >= 0.6 is 11.6 Å². The van der Waals surface area contributed by atoms with E-state index in [-0.39, 0.29) is 34.5 Å². The summed E-state index contributed by atoms with van der Waals surface area (Å²) in [6.07, 6.45) is 4.15. The van der Waals surface area contributed by atoms with Crippen molar-refractivity contribution in [3.05, 3.63) is 45.4 Å². The molecule has 2 aliphatic rings. The molecule has 0 N–H and O–H groups in total. The SMILES string of the molecule is CN(C)/C=C(/C(=O)c1cc(F)c2c(c1Cl)C(OCCF)CCC2)C(=O)C1CC1. The maximum absolute atomic E-state index is 14.8. The molecule has 0 aromatic heterocycles. The molecule has 1 aromatic rings. The van der Waals surface area contributed by atoms with E-state index in [9.17, 15) is 18.4 Å². The highest BCUT2D eigenvalue weighted by molar-refractivity contribution is 6.38. The van der Waals surface area contributed by atoms with Crippen LogP contribution in [0, 0.1) is 11.7 Å². The minimum Gasteiger partial charge on any atom is -0.383 e. The lowest BCUT2D eigenvalue weighted by molar-refractivity contribution is -0.116. The summed E-state index contributed by atoms with van der Waals surface area (Å²) in [4.78, 5) is 27.4. The van der Waals surface area contributed by atoms with Gasteiger partial charge in [0.15, 0.2) is 11.6 Å². The maximum Gasteiger partial charge on any atom is 0.199 e. The number of ether oxygens (including phenoxy) is 1. The van der Waals surface area contributed by atoms with Crippen LogP contribution in [0.2, 0.25) is 5.02 Å². The van der Waals surface area contributed by atoms with Crippen LogP contribution < -0.4 is 0 Å². The van der Waals surface area contributed by atoms with Crippen LogP contribution in [0.4, 0.5) is 8.78 Å². The normalized spacial score (nSPS) is 19.3. The van der Waals surface area contributed by atoms with Crippen LogP contribution in [-0.4, -0.2) is 43.8 Å². The van der Waals surface area contributed by atoms with Gasteiger partial charge in [0.1, 0.15) is 12.5 Å². The number of fused-ring (bicyclic) bond motifs is 1. The largest absolute Gasteiger partial charge is 0.383 e. The summed E-state index contributed by atoms with van der Waals surface area (Å²) in [6, 6.07) is 1.12. The van der Waals surface area contributed by atoms with E-state index in [4.69, 9.17) is 16.3 Å². The molecule has 0 aliphatic heterocycles. The van der Waals surface area contributed by atoms with E-state index in [2.05, 4.69) is 0 Å². The summed E-state index contributed by atoms with van der Waals surface area (Å²) in [5, 5.41) is 0.0956. The second kappa shape index (κ2) is 8.70. The second-order valence-electron chi connectivity index (χ2n) is 7.53. The number of rotatable bonds is 8. The number of carbonyl (C=O) groups excluding carboxylic acids is 2. The van der Waals surface area contributed by atoms with Gasteiger partial charge < -0.3 is 9.64 Å². The number of hydrogen-bond donors (Lipinski definition) is 0. The fourth-order valence-corrected chi connectivity index (χ4v) is 3.98. The topological polar surface area (TPSA) is 46.6 Å². The van der Waals surface area contributed by atoms with Gasteiger partial charge >= 0.3 is 0 Å². The Balaban J connectivity index is 2.05. The molecule has 28 heavy (non-hydrogen) atoms. The molecule has 1 saturated carbocycles. The highest BCUT2D eigenvalue weighted by Gasteiger charge is 2.37. The van der Waals surface area contributed by atoms with Gasteiger partial charge in [0.25, 0.3) is 0 Å². The predicted octanol–water partition coefficient (Wildman–Crippen LogP) is 4.45. The van der Waals surface area contributed by atoms with Crippen molar-refractivity contribution in [1.82, 2.24) is 4.90 Å². The molecule has 4 nitrogen and oxygen atoms in total. The van der Waals surface area contributed by atoms with Gasteiger partial charge in [-0.3, -0.25) is 9.59 Å². The van der Waals surface area contributed by atoms with Crippen molar-refractivity contribution in [2.75, 3.05) is 27.4 Å². The smallest absolute Gasteiger partial charge is 0.199 e. The van der Waals surface area contributed by atoms with Crippen molar-refractivity contribution in [1.29, 1.82) is 0 Å². The molecule has 3 rings (SSSR count). The Hall–Kier alpha value is -1.79. The molecule has 152 valence electrons. The van der Waals surface area contributed by atoms with E-state index in [1.165, 1.54) is 6.20 Å². The number of Topliss-reactive ketones (excluding diaryl/α,β-unsaturated/α-hetero) is 2. The molecule has 7 heteroatoms. The Morgan fingerprint density at radius 1 is 1.32 bits per heavy atom. The van der Waals surface area contributed by atoms with Gasteiger partial charge in [-0.25, -0.2) is 8.78 Å². The van der Waals surface area contributed by atoms with E-state index < -0.39 is 24.4 Å². The number of carbonyl (C=O) groups is 2. The highest BCUT2D eigenvalue weighted by Crippen LogP contribution is 2.41. The molecule has 1 fully saturated rings. The quantitative estimate of drug-likeness (QED) is 0.274. The average Bonchev–Trinajstić information content (AvgIpc) is 3.51. The summed E-state index contributed by atoms with van der Waals surface area (Å²) in [6.45, 7) is -0.775. The summed E-state index contributed by atoms with van der Waals surface area (Å²) in [7, 11) is 3.42. The number of hydrogen-bond acceptors (Lipinski definition) is 4. The van der Waals surface area contributed by atoms with Gasteiger partial charge in [0.05, 0.1) is 23.3 Å². The zero-order valence-electron chi connectivity index (χ0n) is 16.1. The van der Waals surface area contributed by atoms with Gasteiger partial charge in [-0.2, -0.15) is 0 Å². The van der Waals surface area contributed by atoms with Crippen LogP contribution in [-0.2, 0) is 16.0 Å². The van der Waals surface area contributed by atoms with Crippen molar-refractivity contribution in [3.8, 4) is 0 Å². The molecule has 0 amide bonds. The lowest BCUT2D eigenvalue weighted by atomic mass is 9.85. The average molecular weight is 412 g/mol. The summed E-state index contributed by atoms with van der Waals surface area (Å²) in [5.74, 6) is -1.53. The Morgan fingerprint density at radius 2 is 2.04 bits per heavy atom. The van der Waals surface area contributed by atoms with Crippen molar-refractivity contribution >= 4 is 23.2 Å². The number of alkyl halides is 1. The number of halogens is 3. The van der Waals surface area contributed by atoms with E-state index >= 15 is 0 Å². The molecular weight excluding hydrogens is 388 g/mol. The van der Waals surface area contributed by atoms with Gasteiger partial charge in [0, 0.05) is 37.3 Å². The van der Waals surface area contributed by atoms with Crippen LogP contribution in [0.1, 0.15) is 53.3 Å². The summed E-state index contributed by atoms with van der Waals surface area (Å²) in [5.41, 5.74) is 0.776. The van der Waals surface area contributed by atoms with Gasteiger partial charge in [-0.05, 0) is 43.7 Å². The van der Waals surface area contributed by atoms with E-state index in [1.54, 1.807) is 19.0 Å². The maximum atomic E-state index is 14.8. The second-order valence-corrected chi connectivity index (χ2v) is 7.90. The Kier molecular flexibility index (Phi) is 6.50. The molecule has 0 saturated heterocycles. The lowest BCUT2D eigenvalue weighted by Gasteiger charge is -2.28. The van der Waals surface area contributed by atoms with Crippen molar-refractivity contribution in [3.63, 3.8) is 0 Å². The molecule has 2 aliphatic carbocycles.